The Morgan fingerprint density at radius 2 is 1.85 bits per heavy atom. The number of ether oxygens (including phenoxy) is 2. The summed E-state index contributed by atoms with van der Waals surface area (Å²) in [5.74, 6) is -1.08. The summed E-state index contributed by atoms with van der Waals surface area (Å²) in [7, 11) is 1.60. The van der Waals surface area contributed by atoms with Gasteiger partial charge in [-0.3, -0.25) is 9.55 Å². The van der Waals surface area contributed by atoms with Crippen LogP contribution in [0.5, 0.6) is 11.5 Å². The molecular weight excluding hydrogens is 464 g/mol. The Morgan fingerprint density at radius 1 is 1.15 bits per heavy atom. The number of alkyl halides is 4. The Bertz CT molecular complexity index is 1290. The fourth-order valence-electron chi connectivity index (χ4n) is 3.09. The zero-order chi connectivity index (χ0) is 24.0. The maximum Gasteiger partial charge on any atom is 0.507 e. The van der Waals surface area contributed by atoms with Crippen LogP contribution in [0.15, 0.2) is 47.8 Å². The van der Waals surface area contributed by atoms with E-state index in [0.717, 1.165) is 28.1 Å². The van der Waals surface area contributed by atoms with Crippen molar-refractivity contribution in [1.82, 2.24) is 14.5 Å². The van der Waals surface area contributed by atoms with Gasteiger partial charge in [0.2, 0.25) is 0 Å². The predicted molar refractivity (Wildman–Crippen MR) is 111 cm³/mol. The summed E-state index contributed by atoms with van der Waals surface area (Å²) in [4.78, 5) is 23.4. The van der Waals surface area contributed by atoms with Crippen molar-refractivity contribution in [2.75, 3.05) is 7.05 Å². The summed E-state index contributed by atoms with van der Waals surface area (Å²) in [6.07, 6.45) is -4.65. The van der Waals surface area contributed by atoms with Crippen molar-refractivity contribution in [1.29, 1.82) is 0 Å². The Balaban J connectivity index is 1.65. The van der Waals surface area contributed by atoms with E-state index in [1.54, 1.807) is 32.6 Å². The van der Waals surface area contributed by atoms with Crippen LogP contribution >= 0.6 is 11.3 Å². The number of aryl methyl sites for hydroxylation is 2. The summed E-state index contributed by atoms with van der Waals surface area (Å²) in [6.45, 7) is 3.98. The second kappa shape index (κ2) is 8.18. The van der Waals surface area contributed by atoms with Gasteiger partial charge in [0.15, 0.2) is 16.3 Å². The van der Waals surface area contributed by atoms with Gasteiger partial charge in [-0.15, -0.1) is 11.3 Å². The van der Waals surface area contributed by atoms with E-state index in [1.807, 2.05) is 13.0 Å². The first-order valence-corrected chi connectivity index (χ1v) is 10.4. The predicted octanol–water partition coefficient (Wildman–Crippen LogP) is 4.66. The number of aromatic nitrogens is 2. The molecule has 1 aromatic carbocycles. The lowest BCUT2D eigenvalue weighted by atomic mass is 10.1. The third kappa shape index (κ3) is 4.42. The highest BCUT2D eigenvalue weighted by molar-refractivity contribution is 7.09. The van der Waals surface area contributed by atoms with Gasteiger partial charge in [0.05, 0.1) is 5.69 Å². The molecule has 12 heteroatoms. The van der Waals surface area contributed by atoms with Crippen LogP contribution in [0, 0.1) is 13.8 Å². The molecule has 0 N–H and O–H groups in total. The summed E-state index contributed by atoms with van der Waals surface area (Å²) in [5.41, 5.74) is 2.12. The average Bonchev–Trinajstić information content (AvgIpc) is 3.09. The van der Waals surface area contributed by atoms with E-state index in [1.165, 1.54) is 26.9 Å². The first kappa shape index (κ1) is 22.8. The highest BCUT2D eigenvalue weighted by Gasteiger charge is 2.65. The Morgan fingerprint density at radius 3 is 2.55 bits per heavy atom. The van der Waals surface area contributed by atoms with Crippen LogP contribution < -0.4 is 14.3 Å². The van der Waals surface area contributed by atoms with Crippen LogP contribution in [0.25, 0.3) is 5.69 Å². The fourth-order valence-corrected chi connectivity index (χ4v) is 3.92. The third-order valence-corrected chi connectivity index (χ3v) is 5.75. The molecule has 3 heterocycles. The lowest BCUT2D eigenvalue weighted by molar-refractivity contribution is -0.391. The van der Waals surface area contributed by atoms with Crippen molar-refractivity contribution >= 4 is 17.4 Å². The number of carbonyl (C=O) groups is 1. The van der Waals surface area contributed by atoms with Gasteiger partial charge in [-0.1, -0.05) is 0 Å². The van der Waals surface area contributed by atoms with Crippen molar-refractivity contribution in [3.8, 4) is 17.2 Å². The summed E-state index contributed by atoms with van der Waals surface area (Å²) in [5, 5.41) is 0. The van der Waals surface area contributed by atoms with E-state index in [2.05, 4.69) is 19.5 Å². The number of nitrogens with zero attached hydrogens (tertiary/aromatic N) is 4. The fraction of sp³-hybridized carbons (Fsp3) is 0.286. The van der Waals surface area contributed by atoms with Gasteiger partial charge >= 0.3 is 18.2 Å². The first-order valence-electron chi connectivity index (χ1n) is 9.63. The molecule has 0 spiro atoms. The molecule has 0 fully saturated rings. The van der Waals surface area contributed by atoms with Crippen molar-refractivity contribution in [3.05, 3.63) is 63.7 Å². The molecule has 0 saturated carbocycles. The lowest BCUT2D eigenvalue weighted by Crippen LogP contribution is -2.52. The van der Waals surface area contributed by atoms with Gasteiger partial charge in [-0.25, -0.2) is 4.79 Å². The summed E-state index contributed by atoms with van der Waals surface area (Å²) >= 11 is 1.20. The second-order valence-electron chi connectivity index (χ2n) is 7.42. The standard InChI is InChI=1S/C21H18F4N4O3S/c1-12-9-26-7-6-14(12)11-28(3)18(30)27-19-29(10-13(2)33-19)15-4-5-16-17(8-15)32-21(24,25)20(22,23)31-16/h4-10H,11H2,1-3H3/b27-19-. The molecule has 4 rings (SSSR count). The zero-order valence-electron chi connectivity index (χ0n) is 17.7. The number of hydrogen-bond acceptors (Lipinski definition) is 5. The number of urea groups is 1. The second-order valence-corrected chi connectivity index (χ2v) is 8.63. The van der Waals surface area contributed by atoms with Crippen LogP contribution in [-0.4, -0.2) is 39.7 Å². The highest BCUT2D eigenvalue weighted by Crippen LogP contribution is 2.47. The van der Waals surface area contributed by atoms with Crippen LogP contribution in [0.1, 0.15) is 16.0 Å². The molecule has 1 aliphatic heterocycles. The number of hydrogen-bond donors (Lipinski definition) is 0. The molecule has 1 aliphatic rings. The number of halogens is 4. The molecular formula is C21H18F4N4O3S. The minimum Gasteiger partial charge on any atom is -0.421 e. The van der Waals surface area contributed by atoms with Gasteiger partial charge in [0.25, 0.3) is 0 Å². The van der Waals surface area contributed by atoms with Crippen LogP contribution in [-0.2, 0) is 6.54 Å². The molecule has 3 aromatic rings. The minimum atomic E-state index is -4.83. The van der Waals surface area contributed by atoms with E-state index in [9.17, 15) is 22.4 Å². The van der Waals surface area contributed by atoms with Gasteiger partial charge in [-0.2, -0.15) is 22.6 Å². The molecule has 0 bridgehead atoms. The number of pyridine rings is 1. The van der Waals surface area contributed by atoms with Gasteiger partial charge < -0.3 is 14.4 Å². The maximum absolute atomic E-state index is 13.6. The van der Waals surface area contributed by atoms with Gasteiger partial charge in [0.1, 0.15) is 0 Å². The lowest BCUT2D eigenvalue weighted by Gasteiger charge is -2.31. The van der Waals surface area contributed by atoms with Crippen molar-refractivity contribution in [3.63, 3.8) is 0 Å². The Kier molecular flexibility index (Phi) is 5.64. The van der Waals surface area contributed by atoms with Crippen molar-refractivity contribution < 1.29 is 31.8 Å². The molecule has 2 amide bonds. The quantitative estimate of drug-likeness (QED) is 0.510. The summed E-state index contributed by atoms with van der Waals surface area (Å²) in [6, 6.07) is 4.88. The number of thiazole rings is 1. The number of fused-ring (bicyclic) bond motifs is 1. The zero-order valence-corrected chi connectivity index (χ0v) is 18.5. The number of benzene rings is 1. The summed E-state index contributed by atoms with van der Waals surface area (Å²) < 4.78 is 63.7. The van der Waals surface area contributed by atoms with E-state index < -0.39 is 29.7 Å². The van der Waals surface area contributed by atoms with Crippen LogP contribution in [0.4, 0.5) is 22.4 Å². The monoisotopic (exact) mass is 482 g/mol. The molecule has 0 aliphatic carbocycles. The molecule has 0 unspecified atom stereocenters. The number of rotatable bonds is 3. The Labute approximate surface area is 189 Å². The average molecular weight is 482 g/mol. The van der Waals surface area contributed by atoms with Crippen molar-refractivity contribution in [2.24, 2.45) is 4.99 Å². The molecule has 33 heavy (non-hydrogen) atoms. The normalized spacial score (nSPS) is 16.5. The molecule has 2 aromatic heterocycles. The molecule has 0 radical (unpaired) electrons. The SMILES string of the molecule is Cc1cn(-c2ccc3c(c2)OC(F)(F)C(F)(F)O3)/c(=N/C(=O)N(C)Cc2ccncc2C)s1. The first-order chi connectivity index (χ1) is 15.5. The highest BCUT2D eigenvalue weighted by atomic mass is 32.1. The van der Waals surface area contributed by atoms with E-state index >= 15 is 0 Å². The van der Waals surface area contributed by atoms with Gasteiger partial charge in [0, 0.05) is 43.1 Å². The Hall–Kier alpha value is -3.41. The third-order valence-electron chi connectivity index (χ3n) is 4.85. The maximum atomic E-state index is 13.6. The van der Waals surface area contributed by atoms with E-state index in [-0.39, 0.29) is 10.5 Å². The molecule has 0 atom stereocenters. The van der Waals surface area contributed by atoms with Crippen molar-refractivity contribution in [2.45, 2.75) is 32.6 Å². The molecule has 7 nitrogen and oxygen atoms in total. The molecule has 0 saturated heterocycles. The number of carbonyl (C=O) groups excluding carboxylic acids is 1. The van der Waals surface area contributed by atoms with Crippen LogP contribution in [0.3, 0.4) is 0 Å². The smallest absolute Gasteiger partial charge is 0.421 e. The van der Waals surface area contributed by atoms with Gasteiger partial charge in [-0.05, 0) is 43.2 Å². The molecule has 174 valence electrons. The van der Waals surface area contributed by atoms with E-state index in [4.69, 9.17) is 0 Å². The van der Waals surface area contributed by atoms with Crippen LogP contribution in [0.2, 0.25) is 0 Å². The largest absolute Gasteiger partial charge is 0.507 e. The van der Waals surface area contributed by atoms with E-state index in [0.29, 0.717) is 6.54 Å². The minimum absolute atomic E-state index is 0.268. The topological polar surface area (TPSA) is 69.0 Å². The number of amides is 2.